The highest BCUT2D eigenvalue weighted by Crippen LogP contribution is 2.21. The molecular weight excluding hydrogens is 237 g/mol. The van der Waals surface area contributed by atoms with Crippen molar-refractivity contribution in [2.75, 3.05) is 18.0 Å². The molecule has 18 heavy (non-hydrogen) atoms. The molecule has 1 heterocycles. The van der Waals surface area contributed by atoms with Gasteiger partial charge in [-0.05, 0) is 18.2 Å². The summed E-state index contributed by atoms with van der Waals surface area (Å²) in [5.41, 5.74) is 5.67. The van der Waals surface area contributed by atoms with Crippen LogP contribution in [0.4, 0.5) is 14.9 Å². The first-order chi connectivity index (χ1) is 8.70. The van der Waals surface area contributed by atoms with E-state index in [4.69, 9.17) is 10.5 Å². The van der Waals surface area contributed by atoms with Crippen LogP contribution in [0.25, 0.3) is 0 Å². The Labute approximate surface area is 104 Å². The number of nitrogens with zero attached hydrogens (tertiary/aromatic N) is 1. The van der Waals surface area contributed by atoms with Crippen LogP contribution in [0.3, 0.4) is 0 Å². The van der Waals surface area contributed by atoms with Crippen LogP contribution in [0.15, 0.2) is 36.7 Å². The van der Waals surface area contributed by atoms with Crippen molar-refractivity contribution in [3.8, 4) is 0 Å². The van der Waals surface area contributed by atoms with Crippen LogP contribution in [-0.4, -0.2) is 25.3 Å². The van der Waals surface area contributed by atoms with Gasteiger partial charge in [0, 0.05) is 12.4 Å². The normalized spacial score (nSPS) is 19.3. The lowest BCUT2D eigenvalue weighted by Crippen LogP contribution is -2.28. The molecule has 1 aliphatic rings. The zero-order chi connectivity index (χ0) is 13.0. The van der Waals surface area contributed by atoms with E-state index in [1.807, 2.05) is 0 Å². The number of rotatable bonds is 4. The molecule has 1 amide bonds. The van der Waals surface area contributed by atoms with Gasteiger partial charge >= 0.3 is 6.09 Å². The van der Waals surface area contributed by atoms with Crippen molar-refractivity contribution in [2.24, 2.45) is 5.73 Å². The van der Waals surface area contributed by atoms with Crippen molar-refractivity contribution in [2.45, 2.75) is 6.10 Å². The summed E-state index contributed by atoms with van der Waals surface area (Å²) >= 11 is 0. The standard InChI is InChI=1S/C12H14FN3O2/c13-9-2-1-3-10(6-9)16-8-11(18-12(16)17)7-15-5-4-14/h1-6,11,15H,7-8,14H2/b5-4-. The highest BCUT2D eigenvalue weighted by Gasteiger charge is 2.31. The topological polar surface area (TPSA) is 67.6 Å². The zero-order valence-corrected chi connectivity index (χ0v) is 9.67. The lowest BCUT2D eigenvalue weighted by Gasteiger charge is -2.12. The number of nitrogens with two attached hydrogens (primary N) is 1. The summed E-state index contributed by atoms with van der Waals surface area (Å²) in [5.74, 6) is -0.382. The lowest BCUT2D eigenvalue weighted by atomic mass is 10.2. The average Bonchev–Trinajstić information content (AvgIpc) is 2.71. The molecule has 1 unspecified atom stereocenters. The molecule has 1 atom stereocenters. The van der Waals surface area contributed by atoms with E-state index >= 15 is 0 Å². The number of benzene rings is 1. The number of hydrogen-bond donors (Lipinski definition) is 2. The Kier molecular flexibility index (Phi) is 3.66. The van der Waals surface area contributed by atoms with Gasteiger partial charge in [-0.25, -0.2) is 9.18 Å². The molecule has 1 fully saturated rings. The highest BCUT2D eigenvalue weighted by molar-refractivity contribution is 5.89. The van der Waals surface area contributed by atoms with Crippen molar-refractivity contribution in [1.82, 2.24) is 5.32 Å². The van der Waals surface area contributed by atoms with Gasteiger partial charge < -0.3 is 15.8 Å². The molecule has 0 spiro atoms. The van der Waals surface area contributed by atoms with Crippen molar-refractivity contribution in [3.05, 3.63) is 42.5 Å². The molecule has 0 aromatic heterocycles. The third kappa shape index (κ3) is 2.71. The van der Waals surface area contributed by atoms with Crippen molar-refractivity contribution >= 4 is 11.8 Å². The summed E-state index contributed by atoms with van der Waals surface area (Å²) in [6, 6.07) is 5.85. The predicted octanol–water partition coefficient (Wildman–Crippen LogP) is 1.17. The fourth-order valence-corrected chi connectivity index (χ4v) is 1.75. The molecular formula is C12H14FN3O2. The number of nitrogens with one attached hydrogen (secondary N) is 1. The third-order valence-corrected chi connectivity index (χ3v) is 2.55. The molecule has 6 heteroatoms. The maximum atomic E-state index is 13.1. The summed E-state index contributed by atoms with van der Waals surface area (Å²) in [5, 5.41) is 2.90. The van der Waals surface area contributed by atoms with E-state index in [0.29, 0.717) is 18.8 Å². The van der Waals surface area contributed by atoms with Gasteiger partial charge in [0.15, 0.2) is 0 Å². The van der Waals surface area contributed by atoms with Crippen LogP contribution < -0.4 is 16.0 Å². The number of amides is 1. The van der Waals surface area contributed by atoms with E-state index in [2.05, 4.69) is 5.32 Å². The Hall–Kier alpha value is -2.24. The lowest BCUT2D eigenvalue weighted by molar-refractivity contribution is 0.142. The Morgan fingerprint density at radius 3 is 3.17 bits per heavy atom. The fraction of sp³-hybridized carbons (Fsp3) is 0.250. The monoisotopic (exact) mass is 251 g/mol. The predicted molar refractivity (Wildman–Crippen MR) is 65.3 cm³/mol. The van der Waals surface area contributed by atoms with Gasteiger partial charge in [-0.1, -0.05) is 6.07 Å². The number of halogens is 1. The van der Waals surface area contributed by atoms with E-state index < -0.39 is 6.09 Å². The highest BCUT2D eigenvalue weighted by atomic mass is 19.1. The number of anilines is 1. The number of carbonyl (C=O) groups excluding carboxylic acids is 1. The van der Waals surface area contributed by atoms with Crippen molar-refractivity contribution < 1.29 is 13.9 Å². The van der Waals surface area contributed by atoms with E-state index in [0.717, 1.165) is 0 Å². The number of hydrogen-bond acceptors (Lipinski definition) is 4. The first-order valence-electron chi connectivity index (χ1n) is 5.54. The van der Waals surface area contributed by atoms with Crippen LogP contribution in [0.1, 0.15) is 0 Å². The summed E-state index contributed by atoms with van der Waals surface area (Å²) in [7, 11) is 0. The summed E-state index contributed by atoms with van der Waals surface area (Å²) in [6.07, 6.45) is 2.18. The van der Waals surface area contributed by atoms with Gasteiger partial charge in [0.25, 0.3) is 0 Å². The van der Waals surface area contributed by atoms with Crippen molar-refractivity contribution in [3.63, 3.8) is 0 Å². The molecule has 1 saturated heterocycles. The molecule has 0 bridgehead atoms. The number of carbonyl (C=O) groups is 1. The van der Waals surface area contributed by atoms with Gasteiger partial charge in [0.1, 0.15) is 11.9 Å². The van der Waals surface area contributed by atoms with Crippen LogP contribution in [0, 0.1) is 5.82 Å². The number of ether oxygens (including phenoxy) is 1. The maximum absolute atomic E-state index is 13.1. The van der Waals surface area contributed by atoms with Gasteiger partial charge in [0.2, 0.25) is 0 Å². The van der Waals surface area contributed by atoms with E-state index in [1.54, 1.807) is 18.3 Å². The minimum atomic E-state index is -0.468. The van der Waals surface area contributed by atoms with E-state index in [1.165, 1.54) is 23.2 Å². The van der Waals surface area contributed by atoms with Crippen LogP contribution >= 0.6 is 0 Å². The maximum Gasteiger partial charge on any atom is 0.414 e. The molecule has 5 nitrogen and oxygen atoms in total. The SMILES string of the molecule is N/C=C\NCC1CN(c2cccc(F)c2)C(=O)O1. The molecule has 1 aromatic rings. The van der Waals surface area contributed by atoms with Gasteiger partial charge in [-0.3, -0.25) is 4.90 Å². The first-order valence-corrected chi connectivity index (χ1v) is 5.54. The molecule has 1 aromatic carbocycles. The summed E-state index contributed by atoms with van der Waals surface area (Å²) in [6.45, 7) is 0.846. The molecule has 2 rings (SSSR count). The molecule has 0 radical (unpaired) electrons. The Morgan fingerprint density at radius 2 is 2.44 bits per heavy atom. The van der Waals surface area contributed by atoms with E-state index in [-0.39, 0.29) is 11.9 Å². The van der Waals surface area contributed by atoms with Crippen molar-refractivity contribution in [1.29, 1.82) is 0 Å². The molecule has 1 aliphatic heterocycles. The Bertz CT molecular complexity index is 464. The zero-order valence-electron chi connectivity index (χ0n) is 9.67. The average molecular weight is 251 g/mol. The molecule has 0 saturated carbocycles. The molecule has 96 valence electrons. The molecule has 3 N–H and O–H groups in total. The third-order valence-electron chi connectivity index (χ3n) is 2.55. The largest absolute Gasteiger partial charge is 0.442 e. The second kappa shape index (κ2) is 5.39. The van der Waals surface area contributed by atoms with Crippen LogP contribution in [0.2, 0.25) is 0 Å². The Morgan fingerprint density at radius 1 is 1.61 bits per heavy atom. The first kappa shape index (κ1) is 12.2. The second-order valence-electron chi connectivity index (χ2n) is 3.86. The van der Waals surface area contributed by atoms with E-state index in [9.17, 15) is 9.18 Å². The molecule has 0 aliphatic carbocycles. The van der Waals surface area contributed by atoms with Gasteiger partial charge in [0.05, 0.1) is 18.8 Å². The quantitative estimate of drug-likeness (QED) is 0.843. The number of cyclic esters (lactones) is 1. The second-order valence-corrected chi connectivity index (χ2v) is 3.86. The summed E-state index contributed by atoms with van der Waals surface area (Å²) < 4.78 is 18.2. The minimum absolute atomic E-state index is 0.281. The van der Waals surface area contributed by atoms with Crippen LogP contribution in [-0.2, 0) is 4.74 Å². The fourth-order valence-electron chi connectivity index (χ4n) is 1.75. The van der Waals surface area contributed by atoms with Gasteiger partial charge in [-0.2, -0.15) is 0 Å². The smallest absolute Gasteiger partial charge is 0.414 e. The minimum Gasteiger partial charge on any atom is -0.442 e. The summed E-state index contributed by atoms with van der Waals surface area (Å²) in [4.78, 5) is 13.0. The van der Waals surface area contributed by atoms with Gasteiger partial charge in [-0.15, -0.1) is 0 Å². The van der Waals surface area contributed by atoms with Crippen LogP contribution in [0.5, 0.6) is 0 Å². The Balaban J connectivity index is 2.01.